The predicted molar refractivity (Wildman–Crippen MR) is 85.0 cm³/mol. The van der Waals surface area contributed by atoms with E-state index in [1.54, 1.807) is 12.1 Å². The molecule has 1 nitrogen and oxygen atoms in total. The Labute approximate surface area is 132 Å². The molecule has 100 valence electrons. The average molecular weight is 335 g/mol. The maximum absolute atomic E-state index is 6.13. The second-order valence-electron chi connectivity index (χ2n) is 4.17. The number of hydrogen-bond acceptors (Lipinski definition) is 1. The van der Waals surface area contributed by atoms with Crippen LogP contribution in [0.4, 0.5) is 5.69 Å². The van der Waals surface area contributed by atoms with Gasteiger partial charge >= 0.3 is 0 Å². The fourth-order valence-corrected chi connectivity index (χ4v) is 2.53. The van der Waals surface area contributed by atoms with E-state index in [1.165, 1.54) is 0 Å². The largest absolute Gasteiger partial charge is 0.377 e. The molecule has 5 heteroatoms. The van der Waals surface area contributed by atoms with Crippen molar-refractivity contribution >= 4 is 52.1 Å². The molecule has 0 amide bonds. The zero-order chi connectivity index (χ0) is 14.0. The van der Waals surface area contributed by atoms with Crippen LogP contribution in [-0.2, 0) is 0 Å². The molecular weight excluding hydrogens is 324 g/mol. The summed E-state index contributed by atoms with van der Waals surface area (Å²) in [6.07, 6.45) is 0. The first-order chi connectivity index (χ1) is 8.97. The highest BCUT2D eigenvalue weighted by molar-refractivity contribution is 6.44. The average Bonchev–Trinajstić information content (AvgIpc) is 2.36. The minimum absolute atomic E-state index is 0.0495. The van der Waals surface area contributed by atoms with Gasteiger partial charge in [0.1, 0.15) is 0 Å². The summed E-state index contributed by atoms with van der Waals surface area (Å²) in [7, 11) is 0. The molecule has 0 aliphatic heterocycles. The third kappa shape index (κ3) is 3.70. The van der Waals surface area contributed by atoms with E-state index in [1.807, 2.05) is 31.2 Å². The molecule has 0 aromatic heterocycles. The van der Waals surface area contributed by atoms with Crippen molar-refractivity contribution in [2.24, 2.45) is 0 Å². The summed E-state index contributed by atoms with van der Waals surface area (Å²) in [6, 6.07) is 11.0. The molecule has 0 saturated heterocycles. The van der Waals surface area contributed by atoms with Gasteiger partial charge in [0.25, 0.3) is 0 Å². The standard InChI is InChI=1S/C14H11Cl4N/c1-8(9-3-2-4-10(15)5-9)19-14-7-12(17)11(16)6-13(14)18/h2-8,19H,1H3. The molecule has 1 atom stereocenters. The summed E-state index contributed by atoms with van der Waals surface area (Å²) >= 11 is 24.0. The zero-order valence-electron chi connectivity index (χ0n) is 10.1. The fraction of sp³-hybridized carbons (Fsp3) is 0.143. The second-order valence-corrected chi connectivity index (χ2v) is 5.83. The van der Waals surface area contributed by atoms with Gasteiger partial charge in [0.15, 0.2) is 0 Å². The molecule has 0 heterocycles. The van der Waals surface area contributed by atoms with Crippen LogP contribution in [0, 0.1) is 0 Å². The lowest BCUT2D eigenvalue weighted by Gasteiger charge is -2.17. The quantitative estimate of drug-likeness (QED) is 0.634. The molecule has 2 aromatic rings. The highest BCUT2D eigenvalue weighted by atomic mass is 35.5. The van der Waals surface area contributed by atoms with E-state index in [9.17, 15) is 0 Å². The van der Waals surface area contributed by atoms with E-state index >= 15 is 0 Å². The number of hydrogen-bond donors (Lipinski definition) is 1. The van der Waals surface area contributed by atoms with E-state index in [4.69, 9.17) is 46.4 Å². The molecule has 0 aliphatic rings. The molecule has 1 unspecified atom stereocenters. The van der Waals surface area contributed by atoms with Crippen molar-refractivity contribution in [1.29, 1.82) is 0 Å². The van der Waals surface area contributed by atoms with Gasteiger partial charge in [-0.3, -0.25) is 0 Å². The predicted octanol–water partition coefficient (Wildman–Crippen LogP) is 6.47. The third-order valence-corrected chi connectivity index (χ3v) is 4.00. The summed E-state index contributed by atoms with van der Waals surface area (Å²) in [6.45, 7) is 2.02. The van der Waals surface area contributed by atoms with Crippen LogP contribution in [0.5, 0.6) is 0 Å². The van der Waals surface area contributed by atoms with Crippen molar-refractivity contribution in [2.75, 3.05) is 5.32 Å². The molecule has 0 aliphatic carbocycles. The first-order valence-corrected chi connectivity index (χ1v) is 7.15. The van der Waals surface area contributed by atoms with Crippen LogP contribution in [0.25, 0.3) is 0 Å². The lowest BCUT2D eigenvalue weighted by Crippen LogP contribution is -2.07. The van der Waals surface area contributed by atoms with Gasteiger partial charge in [0.2, 0.25) is 0 Å². The smallest absolute Gasteiger partial charge is 0.0653 e. The van der Waals surface area contributed by atoms with Gasteiger partial charge in [-0.2, -0.15) is 0 Å². The molecule has 0 bridgehead atoms. The van der Waals surface area contributed by atoms with Crippen molar-refractivity contribution in [3.63, 3.8) is 0 Å². The minimum Gasteiger partial charge on any atom is -0.377 e. The Kier molecular flexibility index (Phi) is 4.86. The van der Waals surface area contributed by atoms with Gasteiger partial charge in [-0.25, -0.2) is 0 Å². The number of benzene rings is 2. The number of halogens is 4. The Morgan fingerprint density at radius 1 is 0.895 bits per heavy atom. The van der Waals surface area contributed by atoms with Crippen LogP contribution in [0.2, 0.25) is 20.1 Å². The minimum atomic E-state index is 0.0495. The van der Waals surface area contributed by atoms with Crippen LogP contribution in [0.3, 0.4) is 0 Å². The molecule has 0 fully saturated rings. The zero-order valence-corrected chi connectivity index (χ0v) is 13.1. The van der Waals surface area contributed by atoms with Crippen molar-refractivity contribution in [2.45, 2.75) is 13.0 Å². The molecule has 0 saturated carbocycles. The van der Waals surface area contributed by atoms with E-state index in [0.29, 0.717) is 20.1 Å². The van der Waals surface area contributed by atoms with E-state index in [0.717, 1.165) is 11.3 Å². The normalized spacial score (nSPS) is 12.3. The van der Waals surface area contributed by atoms with Gasteiger partial charge in [0.05, 0.1) is 20.8 Å². The highest BCUT2D eigenvalue weighted by Gasteiger charge is 2.10. The van der Waals surface area contributed by atoms with Crippen LogP contribution in [-0.4, -0.2) is 0 Å². The molecule has 0 radical (unpaired) electrons. The van der Waals surface area contributed by atoms with Gasteiger partial charge in [0, 0.05) is 11.1 Å². The molecular formula is C14H11Cl4N. The Balaban J connectivity index is 2.24. The van der Waals surface area contributed by atoms with Crippen molar-refractivity contribution in [3.05, 3.63) is 62.1 Å². The summed E-state index contributed by atoms with van der Waals surface area (Å²) in [5, 5.41) is 5.42. The van der Waals surface area contributed by atoms with Crippen molar-refractivity contribution < 1.29 is 0 Å². The second kappa shape index (κ2) is 6.23. The lowest BCUT2D eigenvalue weighted by molar-refractivity contribution is 0.885. The van der Waals surface area contributed by atoms with E-state index in [2.05, 4.69) is 5.32 Å². The van der Waals surface area contributed by atoms with E-state index in [-0.39, 0.29) is 6.04 Å². The van der Waals surface area contributed by atoms with Gasteiger partial charge < -0.3 is 5.32 Å². The first-order valence-electron chi connectivity index (χ1n) is 5.64. The summed E-state index contributed by atoms with van der Waals surface area (Å²) in [5.41, 5.74) is 1.80. The Hall–Kier alpha value is -0.600. The monoisotopic (exact) mass is 333 g/mol. The number of nitrogens with one attached hydrogen (secondary N) is 1. The molecule has 0 spiro atoms. The SMILES string of the molecule is CC(Nc1cc(Cl)c(Cl)cc1Cl)c1cccc(Cl)c1. The van der Waals surface area contributed by atoms with Crippen LogP contribution < -0.4 is 5.32 Å². The van der Waals surface area contributed by atoms with Gasteiger partial charge in [-0.05, 0) is 36.8 Å². The number of anilines is 1. The molecule has 2 aromatic carbocycles. The summed E-state index contributed by atoms with van der Waals surface area (Å²) in [5.74, 6) is 0. The summed E-state index contributed by atoms with van der Waals surface area (Å²) < 4.78 is 0. The Morgan fingerprint density at radius 2 is 1.58 bits per heavy atom. The third-order valence-electron chi connectivity index (χ3n) is 2.73. The molecule has 2 rings (SSSR count). The van der Waals surface area contributed by atoms with Gasteiger partial charge in [-0.1, -0.05) is 58.5 Å². The van der Waals surface area contributed by atoms with E-state index < -0.39 is 0 Å². The Morgan fingerprint density at radius 3 is 2.26 bits per heavy atom. The molecule has 19 heavy (non-hydrogen) atoms. The summed E-state index contributed by atoms with van der Waals surface area (Å²) in [4.78, 5) is 0. The Bertz CT molecular complexity index is 598. The van der Waals surface area contributed by atoms with Crippen molar-refractivity contribution in [1.82, 2.24) is 0 Å². The van der Waals surface area contributed by atoms with Crippen LogP contribution in [0.15, 0.2) is 36.4 Å². The lowest BCUT2D eigenvalue weighted by atomic mass is 10.1. The fourth-order valence-electron chi connectivity index (χ4n) is 1.73. The van der Waals surface area contributed by atoms with Crippen LogP contribution >= 0.6 is 46.4 Å². The highest BCUT2D eigenvalue weighted by Crippen LogP contribution is 2.34. The van der Waals surface area contributed by atoms with Crippen LogP contribution in [0.1, 0.15) is 18.5 Å². The topological polar surface area (TPSA) is 12.0 Å². The molecule has 1 N–H and O–H groups in total. The maximum atomic E-state index is 6.13. The maximum Gasteiger partial charge on any atom is 0.0653 e. The van der Waals surface area contributed by atoms with Gasteiger partial charge in [-0.15, -0.1) is 0 Å². The number of rotatable bonds is 3. The van der Waals surface area contributed by atoms with Crippen molar-refractivity contribution in [3.8, 4) is 0 Å². The first kappa shape index (κ1) is 14.8.